The van der Waals surface area contributed by atoms with Gasteiger partial charge < -0.3 is 48.6 Å². The molecule has 0 saturated heterocycles. The minimum absolute atomic E-state index is 0. The quantitative estimate of drug-likeness (QED) is 0.0227. The van der Waals surface area contributed by atoms with Gasteiger partial charge in [-0.3, -0.25) is 0 Å². The fraction of sp³-hybridized carbons (Fsp3) is 0.532. The predicted molar refractivity (Wildman–Crippen MR) is 375 cm³/mol. The third-order valence-corrected chi connectivity index (χ3v) is 18.3. The van der Waals surface area contributed by atoms with Crippen LogP contribution < -0.4 is 48.6 Å². The molecule has 3 fully saturated rings. The minimum Gasteiger partial charge on any atom is -0.455 e. The summed E-state index contributed by atoms with van der Waals surface area (Å²) < 4.78 is 17.7. The predicted octanol–water partition coefficient (Wildman–Crippen LogP) is 23.4. The van der Waals surface area contributed by atoms with Gasteiger partial charge in [0.15, 0.2) is 0 Å². The van der Waals surface area contributed by atoms with Crippen LogP contribution in [0.1, 0.15) is 264 Å². The molecule has 3 aliphatic carbocycles. The van der Waals surface area contributed by atoms with Crippen molar-refractivity contribution >= 4 is 34.1 Å². The first kappa shape index (κ1) is 72.0. The lowest BCUT2D eigenvalue weighted by Crippen LogP contribution is -2.13. The molecule has 0 aromatic heterocycles. The van der Waals surface area contributed by atoms with E-state index >= 15 is 0 Å². The fourth-order valence-corrected chi connectivity index (χ4v) is 13.1. The number of benzene rings is 6. The maximum atomic E-state index is 5.99. The summed E-state index contributed by atoms with van der Waals surface area (Å²) >= 11 is 0. The molecule has 0 bridgehead atoms. The van der Waals surface area contributed by atoms with E-state index in [-0.39, 0.29) is 22.3 Å². The van der Waals surface area contributed by atoms with E-state index < -0.39 is 0 Å². The molecule has 6 aromatic rings. The third kappa shape index (κ3) is 24.4. The molecule has 3 saturated carbocycles. The Balaban J connectivity index is 0.000000272. The van der Waals surface area contributed by atoms with Crippen molar-refractivity contribution in [3.8, 4) is 34.5 Å². The molecule has 12 N–H and O–H groups in total. The summed E-state index contributed by atoms with van der Waals surface area (Å²) in [5.41, 5.74) is 43.1. The van der Waals surface area contributed by atoms with Crippen LogP contribution >= 0.6 is 0 Å². The van der Waals surface area contributed by atoms with E-state index in [2.05, 4.69) is 93.6 Å². The Bertz CT molecular complexity index is 2740. The number of hydrogen-bond donors (Lipinski definition) is 6. The topological polar surface area (TPSA) is 184 Å². The van der Waals surface area contributed by atoms with Crippen LogP contribution in [0.3, 0.4) is 0 Å². The molecule has 0 amide bonds. The van der Waals surface area contributed by atoms with Crippen molar-refractivity contribution < 1.29 is 14.2 Å². The SMILES string of the molecule is C.C.C.CCCCCC1CCC(c2ccc(Oc3ccc(N)cc3N)cc2)CC1.CCCCCCCC1CCC(c2ccc(Oc3ccc(N)cc3N)cc2)CC1.CCCCCCCCC1CCC(c2ccc(Oc3ccc(N)cc3N)cc2)CC1. The van der Waals surface area contributed by atoms with E-state index in [0.29, 0.717) is 69.1 Å². The second-order valence-electron chi connectivity index (χ2n) is 24.8. The number of nitrogens with two attached hydrogens (primary N) is 6. The molecule has 6 aromatic carbocycles. The maximum Gasteiger partial charge on any atom is 0.150 e. The van der Waals surface area contributed by atoms with Gasteiger partial charge >= 0.3 is 0 Å². The van der Waals surface area contributed by atoms with Gasteiger partial charge in [-0.2, -0.15) is 0 Å². The van der Waals surface area contributed by atoms with Crippen LogP contribution in [0.5, 0.6) is 34.5 Å². The Labute approximate surface area is 523 Å². The van der Waals surface area contributed by atoms with E-state index in [1.165, 1.54) is 203 Å². The second kappa shape index (κ2) is 39.3. The Morgan fingerprint density at radius 3 is 0.779 bits per heavy atom. The zero-order chi connectivity index (χ0) is 58.6. The lowest BCUT2D eigenvalue weighted by molar-refractivity contribution is 0.301. The van der Waals surface area contributed by atoms with E-state index in [1.54, 1.807) is 24.3 Å². The van der Waals surface area contributed by atoms with Crippen molar-refractivity contribution in [2.45, 2.75) is 247 Å². The Kier molecular flexibility index (Phi) is 32.9. The highest BCUT2D eigenvalue weighted by Crippen LogP contribution is 2.42. The number of ether oxygens (including phenoxy) is 3. The van der Waals surface area contributed by atoms with E-state index in [1.807, 2.05) is 30.3 Å². The van der Waals surface area contributed by atoms with E-state index in [0.717, 1.165) is 35.0 Å². The molecule has 0 heterocycles. The summed E-state index contributed by atoms with van der Waals surface area (Å²) in [4.78, 5) is 0. The summed E-state index contributed by atoms with van der Waals surface area (Å²) in [5.74, 6) is 9.38. The van der Waals surface area contributed by atoms with Crippen LogP contribution in [0.25, 0.3) is 0 Å². The van der Waals surface area contributed by atoms with Crippen LogP contribution in [0.15, 0.2) is 127 Å². The molecule has 0 unspecified atom stereocenters. The molecule has 86 heavy (non-hydrogen) atoms. The Morgan fingerprint density at radius 2 is 0.523 bits per heavy atom. The summed E-state index contributed by atoms with van der Waals surface area (Å²) in [6.07, 6.45) is 40.2. The molecular weight excluding hydrogens is 1060 g/mol. The van der Waals surface area contributed by atoms with E-state index in [4.69, 9.17) is 48.6 Å². The first-order valence-corrected chi connectivity index (χ1v) is 32.7. The van der Waals surface area contributed by atoms with Gasteiger partial charge in [0.05, 0.1) is 17.1 Å². The molecule has 3 aliphatic rings. The highest BCUT2D eigenvalue weighted by molar-refractivity contribution is 5.63. The highest BCUT2D eigenvalue weighted by Gasteiger charge is 2.25. The minimum atomic E-state index is 0. The van der Waals surface area contributed by atoms with Crippen LogP contribution in [-0.2, 0) is 0 Å². The first-order valence-electron chi connectivity index (χ1n) is 32.7. The fourth-order valence-electron chi connectivity index (χ4n) is 13.1. The van der Waals surface area contributed by atoms with Crippen molar-refractivity contribution in [2.24, 2.45) is 17.8 Å². The van der Waals surface area contributed by atoms with Crippen LogP contribution in [-0.4, -0.2) is 0 Å². The summed E-state index contributed by atoms with van der Waals surface area (Å²) in [6.45, 7) is 6.86. The molecular formula is C77H118N6O3. The normalized spacial score (nSPS) is 18.9. The van der Waals surface area contributed by atoms with Crippen LogP contribution in [0, 0.1) is 17.8 Å². The monoisotopic (exact) mass is 1170 g/mol. The summed E-state index contributed by atoms with van der Waals surface area (Å²) in [7, 11) is 0. The Hall–Kier alpha value is -6.48. The van der Waals surface area contributed by atoms with Gasteiger partial charge in [0.25, 0.3) is 0 Å². The molecule has 9 rings (SSSR count). The molecule has 0 radical (unpaired) electrons. The second-order valence-corrected chi connectivity index (χ2v) is 24.8. The smallest absolute Gasteiger partial charge is 0.150 e. The van der Waals surface area contributed by atoms with Gasteiger partial charge in [0.2, 0.25) is 0 Å². The van der Waals surface area contributed by atoms with Crippen molar-refractivity contribution in [1.82, 2.24) is 0 Å². The van der Waals surface area contributed by atoms with Crippen molar-refractivity contribution in [1.29, 1.82) is 0 Å². The maximum absolute atomic E-state index is 5.99. The van der Waals surface area contributed by atoms with Crippen molar-refractivity contribution in [3.05, 3.63) is 144 Å². The van der Waals surface area contributed by atoms with Crippen molar-refractivity contribution in [3.63, 3.8) is 0 Å². The Morgan fingerprint density at radius 1 is 0.291 bits per heavy atom. The van der Waals surface area contributed by atoms with Gasteiger partial charge in [-0.15, -0.1) is 0 Å². The average Bonchev–Trinajstić information content (AvgIpc) is 3.71. The first-order chi connectivity index (χ1) is 40.5. The highest BCUT2D eigenvalue weighted by atomic mass is 16.5. The summed E-state index contributed by atoms with van der Waals surface area (Å²) in [6, 6.07) is 41.7. The van der Waals surface area contributed by atoms with Gasteiger partial charge in [0, 0.05) is 17.1 Å². The lowest BCUT2D eigenvalue weighted by atomic mass is 9.77. The van der Waals surface area contributed by atoms with Crippen LogP contribution in [0.2, 0.25) is 0 Å². The van der Waals surface area contributed by atoms with E-state index in [9.17, 15) is 0 Å². The largest absolute Gasteiger partial charge is 0.455 e. The van der Waals surface area contributed by atoms with Crippen LogP contribution in [0.4, 0.5) is 34.1 Å². The molecule has 0 atom stereocenters. The zero-order valence-electron chi connectivity index (χ0n) is 51.3. The molecule has 9 heteroatoms. The third-order valence-electron chi connectivity index (χ3n) is 18.3. The molecule has 0 spiro atoms. The average molecular weight is 1180 g/mol. The number of anilines is 6. The van der Waals surface area contributed by atoms with Gasteiger partial charge in [-0.05, 0) is 220 Å². The molecule has 474 valence electrons. The number of unbranched alkanes of at least 4 members (excludes halogenated alkanes) is 11. The summed E-state index contributed by atoms with van der Waals surface area (Å²) in [5, 5.41) is 0. The van der Waals surface area contributed by atoms with Gasteiger partial charge in [0.1, 0.15) is 34.5 Å². The standard InChI is InChI=1S/C26H38N2O.C25H36N2O.C23H32N2O.3CH4/c1-2-3-4-5-6-7-8-20-9-11-21(12-10-20)22-13-16-24(17-14-22)29-26-18-15-23(27)19-25(26)28;1-2-3-4-5-6-7-19-8-10-20(11-9-19)21-12-15-23(16-13-21)28-25-17-14-22(26)18-24(25)27;1-2-3-4-5-17-6-8-18(9-7-17)19-10-13-21(14-11-19)26-23-15-12-20(24)16-22(23)25;;;/h13-21H,2-12,27-28H2,1H3;12-20H,2-11,26-27H2,1H3;10-18H,2-9,24-25H2,1H3;3*1H4. The van der Waals surface area contributed by atoms with Gasteiger partial charge in [-0.25, -0.2) is 0 Å². The number of hydrogen-bond acceptors (Lipinski definition) is 9. The zero-order valence-corrected chi connectivity index (χ0v) is 51.3. The van der Waals surface area contributed by atoms with Crippen molar-refractivity contribution in [2.75, 3.05) is 34.4 Å². The number of nitrogen functional groups attached to an aromatic ring is 6. The lowest BCUT2D eigenvalue weighted by Gasteiger charge is -2.29. The molecule has 9 nitrogen and oxygen atoms in total. The molecule has 0 aliphatic heterocycles. The van der Waals surface area contributed by atoms with Gasteiger partial charge in [-0.1, -0.05) is 189 Å². The number of rotatable bonds is 26.